The zero-order chi connectivity index (χ0) is 16.2. The molecule has 2 aromatic rings. The Kier molecular flexibility index (Phi) is 4.92. The van der Waals surface area contributed by atoms with Crippen molar-refractivity contribution in [3.05, 3.63) is 48.0 Å². The van der Waals surface area contributed by atoms with Crippen LogP contribution < -0.4 is 13.7 Å². The first-order valence-electron chi connectivity index (χ1n) is 6.75. The van der Waals surface area contributed by atoms with Gasteiger partial charge in [0.15, 0.2) is 4.90 Å². The summed E-state index contributed by atoms with van der Waals surface area (Å²) in [5.74, 6) is 0.859. The molecule has 0 aliphatic carbocycles. The van der Waals surface area contributed by atoms with Gasteiger partial charge in [-0.2, -0.15) is 8.42 Å². The molecule has 118 valence electrons. The fourth-order valence-electron chi connectivity index (χ4n) is 1.93. The van der Waals surface area contributed by atoms with E-state index in [4.69, 9.17) is 13.7 Å². The Hall–Kier alpha value is -2.21. The highest BCUT2D eigenvalue weighted by Gasteiger charge is 2.23. The summed E-state index contributed by atoms with van der Waals surface area (Å²) < 4.78 is 40.2. The normalized spacial score (nSPS) is 11.0. The van der Waals surface area contributed by atoms with Crippen LogP contribution >= 0.6 is 0 Å². The van der Waals surface area contributed by atoms with Crippen LogP contribution in [0, 0.1) is 0 Å². The molecule has 0 spiro atoms. The Morgan fingerprint density at radius 2 is 1.55 bits per heavy atom. The van der Waals surface area contributed by atoms with Crippen molar-refractivity contribution in [2.75, 3.05) is 14.2 Å². The SMILES string of the molecule is CCc1ccc(OS(=O)(=O)c2cc(OC)ccc2OC)cc1. The fraction of sp³-hybridized carbons (Fsp3) is 0.250. The molecule has 0 amide bonds. The molecule has 0 saturated heterocycles. The van der Waals surface area contributed by atoms with E-state index in [1.807, 2.05) is 19.1 Å². The Morgan fingerprint density at radius 3 is 2.09 bits per heavy atom. The van der Waals surface area contributed by atoms with Gasteiger partial charge in [-0.15, -0.1) is 0 Å². The summed E-state index contributed by atoms with van der Waals surface area (Å²) in [4.78, 5) is -0.0751. The van der Waals surface area contributed by atoms with E-state index in [0.29, 0.717) is 5.75 Å². The molecule has 5 nitrogen and oxygen atoms in total. The van der Waals surface area contributed by atoms with Crippen LogP contribution in [-0.2, 0) is 16.5 Å². The van der Waals surface area contributed by atoms with Crippen LogP contribution in [0.3, 0.4) is 0 Å². The lowest BCUT2D eigenvalue weighted by atomic mass is 10.2. The molecule has 0 saturated carbocycles. The van der Waals surface area contributed by atoms with Crippen LogP contribution in [0.15, 0.2) is 47.4 Å². The molecule has 0 fully saturated rings. The minimum absolute atomic E-state index is 0.0751. The van der Waals surface area contributed by atoms with E-state index in [1.54, 1.807) is 18.2 Å². The lowest BCUT2D eigenvalue weighted by Crippen LogP contribution is -2.11. The van der Waals surface area contributed by atoms with Gasteiger partial charge in [-0.25, -0.2) is 0 Å². The minimum atomic E-state index is -4.01. The number of benzene rings is 2. The Morgan fingerprint density at radius 1 is 0.909 bits per heavy atom. The second-order valence-corrected chi connectivity index (χ2v) is 6.07. The largest absolute Gasteiger partial charge is 0.497 e. The number of methoxy groups -OCH3 is 2. The summed E-state index contributed by atoms with van der Waals surface area (Å²) in [6, 6.07) is 11.4. The van der Waals surface area contributed by atoms with Gasteiger partial charge in [0.1, 0.15) is 17.2 Å². The van der Waals surface area contributed by atoms with Crippen molar-refractivity contribution in [3.63, 3.8) is 0 Å². The van der Waals surface area contributed by atoms with Crippen LogP contribution in [0.25, 0.3) is 0 Å². The predicted molar refractivity (Wildman–Crippen MR) is 83.2 cm³/mol. The van der Waals surface area contributed by atoms with E-state index in [-0.39, 0.29) is 16.4 Å². The molecular weight excluding hydrogens is 304 g/mol. The molecule has 0 bridgehead atoms. The number of ether oxygens (including phenoxy) is 2. The standard InChI is InChI=1S/C16H18O5S/c1-4-12-5-7-13(8-6-12)21-22(17,18)16-11-14(19-2)9-10-15(16)20-3/h5-11H,4H2,1-3H3. The summed E-state index contributed by atoms with van der Waals surface area (Å²) in [5, 5.41) is 0. The van der Waals surface area contributed by atoms with Crippen LogP contribution in [0.2, 0.25) is 0 Å². The van der Waals surface area contributed by atoms with Crippen molar-refractivity contribution in [3.8, 4) is 17.2 Å². The Balaban J connectivity index is 2.36. The van der Waals surface area contributed by atoms with E-state index >= 15 is 0 Å². The molecule has 0 aliphatic heterocycles. The highest BCUT2D eigenvalue weighted by atomic mass is 32.2. The predicted octanol–water partition coefficient (Wildman–Crippen LogP) is 3.03. The van der Waals surface area contributed by atoms with Gasteiger partial charge in [0, 0.05) is 6.07 Å². The zero-order valence-corrected chi connectivity index (χ0v) is 13.5. The maximum atomic E-state index is 12.4. The third-order valence-corrected chi connectivity index (χ3v) is 4.45. The zero-order valence-electron chi connectivity index (χ0n) is 12.7. The van der Waals surface area contributed by atoms with Gasteiger partial charge >= 0.3 is 10.1 Å². The topological polar surface area (TPSA) is 61.8 Å². The Bertz CT molecular complexity index is 736. The molecule has 0 unspecified atom stereocenters. The molecule has 0 atom stereocenters. The summed E-state index contributed by atoms with van der Waals surface area (Å²) in [6.07, 6.45) is 0.872. The van der Waals surface area contributed by atoms with Crippen LogP contribution in [0.4, 0.5) is 0 Å². The van der Waals surface area contributed by atoms with Crippen LogP contribution in [0.5, 0.6) is 17.2 Å². The number of hydrogen-bond acceptors (Lipinski definition) is 5. The molecule has 6 heteroatoms. The first-order valence-corrected chi connectivity index (χ1v) is 8.16. The van der Waals surface area contributed by atoms with E-state index in [1.165, 1.54) is 26.4 Å². The molecule has 0 N–H and O–H groups in total. The van der Waals surface area contributed by atoms with Crippen molar-refractivity contribution in [2.24, 2.45) is 0 Å². The third kappa shape index (κ3) is 3.51. The summed E-state index contributed by atoms with van der Waals surface area (Å²) in [5.41, 5.74) is 1.10. The average molecular weight is 322 g/mol. The first kappa shape index (κ1) is 16.2. The second kappa shape index (κ2) is 6.70. The third-order valence-electron chi connectivity index (χ3n) is 3.18. The second-order valence-electron chi connectivity index (χ2n) is 4.55. The maximum absolute atomic E-state index is 12.4. The van der Waals surface area contributed by atoms with Crippen molar-refractivity contribution in [2.45, 2.75) is 18.2 Å². The Labute approximate surface area is 130 Å². The number of aryl methyl sites for hydroxylation is 1. The van der Waals surface area contributed by atoms with Crippen molar-refractivity contribution < 1.29 is 22.1 Å². The lowest BCUT2D eigenvalue weighted by molar-refractivity contribution is 0.388. The summed E-state index contributed by atoms with van der Waals surface area (Å²) in [7, 11) is -1.15. The first-order chi connectivity index (χ1) is 10.5. The maximum Gasteiger partial charge on any atom is 0.343 e. The van der Waals surface area contributed by atoms with E-state index in [0.717, 1.165) is 12.0 Å². The highest BCUT2D eigenvalue weighted by Crippen LogP contribution is 2.30. The quantitative estimate of drug-likeness (QED) is 0.765. The number of rotatable bonds is 6. The number of hydrogen-bond donors (Lipinski definition) is 0. The fourth-order valence-corrected chi connectivity index (χ4v) is 3.04. The lowest BCUT2D eigenvalue weighted by Gasteiger charge is -2.12. The average Bonchev–Trinajstić information content (AvgIpc) is 2.54. The molecule has 0 radical (unpaired) electrons. The molecule has 0 aliphatic rings. The molecule has 2 aromatic carbocycles. The monoisotopic (exact) mass is 322 g/mol. The summed E-state index contributed by atoms with van der Waals surface area (Å²) >= 11 is 0. The van der Waals surface area contributed by atoms with Crippen molar-refractivity contribution >= 4 is 10.1 Å². The van der Waals surface area contributed by atoms with Crippen LogP contribution in [0.1, 0.15) is 12.5 Å². The van der Waals surface area contributed by atoms with E-state index < -0.39 is 10.1 Å². The van der Waals surface area contributed by atoms with Crippen molar-refractivity contribution in [1.82, 2.24) is 0 Å². The molecule has 22 heavy (non-hydrogen) atoms. The van der Waals surface area contributed by atoms with Gasteiger partial charge in [0.2, 0.25) is 0 Å². The van der Waals surface area contributed by atoms with Crippen LogP contribution in [-0.4, -0.2) is 22.6 Å². The molecular formula is C16H18O5S. The van der Waals surface area contributed by atoms with Gasteiger partial charge in [-0.1, -0.05) is 19.1 Å². The highest BCUT2D eigenvalue weighted by molar-refractivity contribution is 7.87. The van der Waals surface area contributed by atoms with Crippen molar-refractivity contribution in [1.29, 1.82) is 0 Å². The van der Waals surface area contributed by atoms with Gasteiger partial charge in [0.05, 0.1) is 14.2 Å². The molecule has 0 aromatic heterocycles. The smallest absolute Gasteiger partial charge is 0.343 e. The van der Waals surface area contributed by atoms with Gasteiger partial charge in [-0.3, -0.25) is 0 Å². The van der Waals surface area contributed by atoms with Gasteiger partial charge < -0.3 is 13.7 Å². The molecule has 2 rings (SSSR count). The van der Waals surface area contributed by atoms with Gasteiger partial charge in [-0.05, 0) is 36.2 Å². The molecule has 0 heterocycles. The summed E-state index contributed by atoms with van der Waals surface area (Å²) in [6.45, 7) is 2.02. The minimum Gasteiger partial charge on any atom is -0.497 e. The van der Waals surface area contributed by atoms with E-state index in [2.05, 4.69) is 0 Å². The van der Waals surface area contributed by atoms with E-state index in [9.17, 15) is 8.42 Å². The van der Waals surface area contributed by atoms with Gasteiger partial charge in [0.25, 0.3) is 0 Å².